The second-order valence-corrected chi connectivity index (χ2v) is 6.85. The van der Waals surface area contributed by atoms with Crippen molar-refractivity contribution in [3.63, 3.8) is 0 Å². The Balaban J connectivity index is 2.06. The van der Waals surface area contributed by atoms with E-state index in [0.717, 1.165) is 0 Å². The van der Waals surface area contributed by atoms with Gasteiger partial charge in [0, 0.05) is 12.1 Å². The third-order valence-electron chi connectivity index (χ3n) is 3.34. The molecule has 27 heavy (non-hydrogen) atoms. The molecule has 0 aliphatic heterocycles. The number of amides is 1. The normalized spacial score (nSPS) is 10.4. The van der Waals surface area contributed by atoms with Crippen LogP contribution in [0.3, 0.4) is 0 Å². The minimum atomic E-state index is -0.552. The van der Waals surface area contributed by atoms with Crippen LogP contribution in [0.2, 0.25) is 5.02 Å². The monoisotopic (exact) mass is 407 g/mol. The van der Waals surface area contributed by atoms with Gasteiger partial charge < -0.3 is 10.1 Å². The van der Waals surface area contributed by atoms with Crippen molar-refractivity contribution in [1.82, 2.24) is 5.32 Å². The van der Waals surface area contributed by atoms with E-state index in [2.05, 4.69) is 10.6 Å². The Morgan fingerprint density at radius 2 is 2.00 bits per heavy atom. The van der Waals surface area contributed by atoms with Crippen LogP contribution in [0.4, 0.5) is 11.4 Å². The molecule has 0 aromatic heterocycles. The molecule has 0 aliphatic rings. The molecule has 0 bridgehead atoms. The molecule has 2 N–H and O–H groups in total. The highest BCUT2D eigenvalue weighted by Gasteiger charge is 2.15. The molecule has 0 aliphatic carbocycles. The van der Waals surface area contributed by atoms with Crippen molar-refractivity contribution in [3.05, 3.63) is 63.2 Å². The van der Waals surface area contributed by atoms with Crippen LogP contribution in [0.15, 0.2) is 42.5 Å². The van der Waals surface area contributed by atoms with E-state index in [1.54, 1.807) is 24.3 Å². The van der Waals surface area contributed by atoms with Crippen LogP contribution in [0.5, 0.6) is 5.75 Å². The van der Waals surface area contributed by atoms with E-state index in [4.69, 9.17) is 28.6 Å². The Morgan fingerprint density at radius 1 is 1.30 bits per heavy atom. The summed E-state index contributed by atoms with van der Waals surface area (Å²) in [5.74, 6) is 0.331. The summed E-state index contributed by atoms with van der Waals surface area (Å²) in [5, 5.41) is 16.2. The van der Waals surface area contributed by atoms with E-state index in [9.17, 15) is 14.9 Å². The molecule has 0 unspecified atom stereocenters. The molecule has 7 nitrogen and oxygen atoms in total. The van der Waals surface area contributed by atoms with Crippen molar-refractivity contribution in [2.45, 2.75) is 13.8 Å². The molecule has 142 valence electrons. The molecule has 9 heteroatoms. The Labute approximate surface area is 166 Å². The van der Waals surface area contributed by atoms with Gasteiger partial charge in [0.15, 0.2) is 5.11 Å². The topological polar surface area (TPSA) is 93.5 Å². The first kappa shape index (κ1) is 20.6. The van der Waals surface area contributed by atoms with Crippen molar-refractivity contribution < 1.29 is 14.5 Å². The smallest absolute Gasteiger partial charge is 0.271 e. The largest absolute Gasteiger partial charge is 0.492 e. The number of ether oxygens (including phenoxy) is 1. The molecule has 2 aromatic rings. The summed E-state index contributed by atoms with van der Waals surface area (Å²) >= 11 is 11.1. The summed E-state index contributed by atoms with van der Waals surface area (Å²) in [7, 11) is 0. The van der Waals surface area contributed by atoms with Gasteiger partial charge in [-0.15, -0.1) is 0 Å². The van der Waals surface area contributed by atoms with Crippen LogP contribution in [0.1, 0.15) is 24.2 Å². The zero-order valence-corrected chi connectivity index (χ0v) is 16.3. The lowest BCUT2D eigenvalue weighted by atomic mass is 10.2. The molecule has 2 aromatic carbocycles. The van der Waals surface area contributed by atoms with Crippen molar-refractivity contribution in [2.75, 3.05) is 11.9 Å². The number of rotatable bonds is 6. The van der Waals surface area contributed by atoms with Crippen LogP contribution >= 0.6 is 23.8 Å². The second kappa shape index (κ2) is 9.29. The fourth-order valence-electron chi connectivity index (χ4n) is 2.08. The first-order chi connectivity index (χ1) is 12.8. The van der Waals surface area contributed by atoms with Crippen molar-refractivity contribution in [2.24, 2.45) is 5.92 Å². The molecule has 0 saturated heterocycles. The van der Waals surface area contributed by atoms with Gasteiger partial charge in [0.1, 0.15) is 5.75 Å². The van der Waals surface area contributed by atoms with E-state index in [1.165, 1.54) is 18.2 Å². The van der Waals surface area contributed by atoms with Gasteiger partial charge in [0.2, 0.25) is 0 Å². The molecule has 1 amide bonds. The number of non-ortho nitro benzene ring substituents is 1. The van der Waals surface area contributed by atoms with E-state index in [1.807, 2.05) is 13.8 Å². The fourth-order valence-corrected chi connectivity index (χ4v) is 2.50. The number of hydrogen-bond acceptors (Lipinski definition) is 5. The number of nitrogens with zero attached hydrogens (tertiary/aromatic N) is 1. The molecule has 0 heterocycles. The standard InChI is InChI=1S/C18H18ClN3O4S/c1-11(2)10-26-16-6-4-3-5-13(16)17(23)21-18(27)20-15-8-7-12(22(24)25)9-14(15)19/h3-9,11H,10H2,1-2H3,(H2,20,21,23,27). The van der Waals surface area contributed by atoms with Crippen LogP contribution in [0, 0.1) is 16.0 Å². The van der Waals surface area contributed by atoms with Crippen molar-refractivity contribution in [3.8, 4) is 5.75 Å². The van der Waals surface area contributed by atoms with E-state index in [-0.39, 0.29) is 15.8 Å². The summed E-state index contributed by atoms with van der Waals surface area (Å²) in [6, 6.07) is 10.7. The maximum atomic E-state index is 12.5. The average molecular weight is 408 g/mol. The zero-order valence-electron chi connectivity index (χ0n) is 14.7. The van der Waals surface area contributed by atoms with Gasteiger partial charge in [-0.3, -0.25) is 20.2 Å². The Hall–Kier alpha value is -2.71. The molecule has 0 atom stereocenters. The van der Waals surface area contributed by atoms with Gasteiger partial charge in [-0.05, 0) is 36.3 Å². The first-order valence-corrected chi connectivity index (χ1v) is 8.84. The molecule has 0 spiro atoms. The number of nitro benzene ring substituents is 1. The number of carbonyl (C=O) groups is 1. The molecular formula is C18H18ClN3O4S. The number of halogens is 1. The number of benzene rings is 2. The number of thiocarbonyl (C=S) groups is 1. The summed E-state index contributed by atoms with van der Waals surface area (Å²) in [6.45, 7) is 4.50. The highest BCUT2D eigenvalue weighted by molar-refractivity contribution is 7.80. The van der Waals surface area contributed by atoms with Gasteiger partial charge in [-0.25, -0.2) is 0 Å². The van der Waals surface area contributed by atoms with Crippen LogP contribution in [0.25, 0.3) is 0 Å². The summed E-state index contributed by atoms with van der Waals surface area (Å²) in [5.41, 5.74) is 0.547. The van der Waals surface area contributed by atoms with Crippen LogP contribution in [-0.2, 0) is 0 Å². The minimum Gasteiger partial charge on any atom is -0.492 e. The van der Waals surface area contributed by atoms with Gasteiger partial charge >= 0.3 is 0 Å². The highest BCUT2D eigenvalue weighted by Crippen LogP contribution is 2.26. The number of hydrogen-bond donors (Lipinski definition) is 2. The van der Waals surface area contributed by atoms with Gasteiger partial charge in [-0.2, -0.15) is 0 Å². The first-order valence-electron chi connectivity index (χ1n) is 8.06. The number of para-hydroxylation sites is 1. The lowest BCUT2D eigenvalue weighted by Crippen LogP contribution is -2.34. The van der Waals surface area contributed by atoms with Gasteiger partial charge in [0.05, 0.1) is 27.8 Å². The Kier molecular flexibility index (Phi) is 7.09. The number of nitrogens with one attached hydrogen (secondary N) is 2. The molecule has 2 rings (SSSR count). The number of nitro groups is 1. The second-order valence-electron chi connectivity index (χ2n) is 6.03. The predicted molar refractivity (Wildman–Crippen MR) is 109 cm³/mol. The maximum absolute atomic E-state index is 12.5. The molecule has 0 radical (unpaired) electrons. The minimum absolute atomic E-state index is 0.00872. The fraction of sp³-hybridized carbons (Fsp3) is 0.222. The summed E-state index contributed by atoms with van der Waals surface area (Å²) in [6.07, 6.45) is 0. The zero-order chi connectivity index (χ0) is 20.0. The van der Waals surface area contributed by atoms with E-state index in [0.29, 0.717) is 29.5 Å². The lowest BCUT2D eigenvalue weighted by Gasteiger charge is -2.14. The van der Waals surface area contributed by atoms with E-state index >= 15 is 0 Å². The number of carbonyl (C=O) groups excluding carboxylic acids is 1. The quantitative estimate of drug-likeness (QED) is 0.418. The van der Waals surface area contributed by atoms with Crippen molar-refractivity contribution in [1.29, 1.82) is 0 Å². The SMILES string of the molecule is CC(C)COc1ccccc1C(=O)NC(=S)Nc1ccc([N+](=O)[O-])cc1Cl. The maximum Gasteiger partial charge on any atom is 0.271 e. The summed E-state index contributed by atoms with van der Waals surface area (Å²) < 4.78 is 5.66. The van der Waals surface area contributed by atoms with E-state index < -0.39 is 10.8 Å². The van der Waals surface area contributed by atoms with Gasteiger partial charge in [0.25, 0.3) is 11.6 Å². The van der Waals surface area contributed by atoms with Crippen LogP contribution in [-0.4, -0.2) is 22.5 Å². The summed E-state index contributed by atoms with van der Waals surface area (Å²) in [4.78, 5) is 22.7. The Morgan fingerprint density at radius 3 is 2.63 bits per heavy atom. The van der Waals surface area contributed by atoms with Gasteiger partial charge in [-0.1, -0.05) is 37.6 Å². The molecule has 0 fully saturated rings. The molecule has 0 saturated carbocycles. The lowest BCUT2D eigenvalue weighted by molar-refractivity contribution is -0.384. The number of anilines is 1. The highest BCUT2D eigenvalue weighted by atomic mass is 35.5. The predicted octanol–water partition coefficient (Wildman–Crippen LogP) is 4.41. The van der Waals surface area contributed by atoms with Crippen LogP contribution < -0.4 is 15.4 Å². The molecular weight excluding hydrogens is 390 g/mol. The Bertz CT molecular complexity index is 873. The average Bonchev–Trinajstić information content (AvgIpc) is 2.61. The van der Waals surface area contributed by atoms with Crippen molar-refractivity contribution >= 4 is 46.2 Å². The third kappa shape index (κ3) is 5.90. The third-order valence-corrected chi connectivity index (χ3v) is 3.86.